The van der Waals surface area contributed by atoms with E-state index in [9.17, 15) is 14.0 Å². The molecule has 0 aliphatic carbocycles. The number of carbonyl (C=O) groups excluding carboxylic acids is 2. The maximum atomic E-state index is 13.0. The summed E-state index contributed by atoms with van der Waals surface area (Å²) < 4.78 is 18.2. The Labute approximate surface area is 133 Å². The lowest BCUT2D eigenvalue weighted by Crippen LogP contribution is -2.14. The van der Waals surface area contributed by atoms with Crippen molar-refractivity contribution in [3.63, 3.8) is 0 Å². The molecule has 0 bridgehead atoms. The minimum absolute atomic E-state index is 0.183. The van der Waals surface area contributed by atoms with Gasteiger partial charge in [-0.05, 0) is 54.0 Å². The molecule has 0 radical (unpaired) electrons. The van der Waals surface area contributed by atoms with Crippen molar-refractivity contribution >= 4 is 39.0 Å². The predicted octanol–water partition coefficient (Wildman–Crippen LogP) is 4.31. The summed E-state index contributed by atoms with van der Waals surface area (Å²) >= 11 is 4.61. The van der Waals surface area contributed by atoms with Gasteiger partial charge in [0.15, 0.2) is 6.61 Å². The number of carbonyl (C=O) groups is 2. The van der Waals surface area contributed by atoms with Gasteiger partial charge in [-0.2, -0.15) is 0 Å². The number of esters is 1. The Morgan fingerprint density at radius 3 is 2.52 bits per heavy atom. The molecule has 0 aliphatic rings. The van der Waals surface area contributed by atoms with Gasteiger partial charge < -0.3 is 4.74 Å². The van der Waals surface area contributed by atoms with Gasteiger partial charge in [-0.15, -0.1) is 11.3 Å². The molecule has 1 aromatic heterocycles. The molecule has 2 rings (SSSR count). The number of hydrogen-bond acceptors (Lipinski definition) is 4. The molecule has 21 heavy (non-hydrogen) atoms. The number of Topliss-reactive ketones (excluding diaryl/α,β-unsaturated/α-hetero) is 1. The molecule has 0 N–H and O–H groups in total. The van der Waals surface area contributed by atoms with E-state index in [1.54, 1.807) is 6.07 Å². The Morgan fingerprint density at radius 2 is 1.95 bits per heavy atom. The van der Waals surface area contributed by atoms with Crippen LogP contribution in [0.15, 0.2) is 28.7 Å². The van der Waals surface area contributed by atoms with E-state index in [1.165, 1.54) is 23.5 Å². The van der Waals surface area contributed by atoms with E-state index in [0.29, 0.717) is 10.0 Å². The van der Waals surface area contributed by atoms with Crippen molar-refractivity contribution in [2.75, 3.05) is 6.61 Å². The fourth-order valence-electron chi connectivity index (χ4n) is 1.85. The second-order valence-corrected chi connectivity index (χ2v) is 6.77. The Hall–Kier alpha value is -1.53. The molecule has 0 saturated carbocycles. The summed E-state index contributed by atoms with van der Waals surface area (Å²) in [4.78, 5) is 25.8. The van der Waals surface area contributed by atoms with Crippen LogP contribution in [0.3, 0.4) is 0 Å². The second-order valence-electron chi connectivity index (χ2n) is 4.45. The normalized spacial score (nSPS) is 10.5. The predicted molar refractivity (Wildman–Crippen MR) is 82.5 cm³/mol. The number of rotatable bonds is 4. The molecular formula is C15H12BrFO3S. The smallest absolute Gasteiger partial charge is 0.339 e. The monoisotopic (exact) mass is 370 g/mol. The minimum atomic E-state index is -0.667. The van der Waals surface area contributed by atoms with Gasteiger partial charge in [0, 0.05) is 19.8 Å². The third-order valence-corrected chi connectivity index (χ3v) is 4.45. The largest absolute Gasteiger partial charge is 0.454 e. The van der Waals surface area contributed by atoms with Gasteiger partial charge in [0.2, 0.25) is 5.78 Å². The number of aryl methyl sites for hydroxylation is 2. The average Bonchev–Trinajstić information content (AvgIpc) is 2.74. The highest BCUT2D eigenvalue weighted by molar-refractivity contribution is 9.10. The quantitative estimate of drug-likeness (QED) is 0.594. The molecule has 1 aromatic carbocycles. The summed E-state index contributed by atoms with van der Waals surface area (Å²) in [7, 11) is 0. The topological polar surface area (TPSA) is 43.4 Å². The van der Waals surface area contributed by atoms with Gasteiger partial charge in [-0.25, -0.2) is 9.18 Å². The van der Waals surface area contributed by atoms with E-state index < -0.39 is 11.8 Å². The molecule has 0 spiro atoms. The highest BCUT2D eigenvalue weighted by atomic mass is 79.9. The van der Waals surface area contributed by atoms with E-state index in [1.807, 2.05) is 13.8 Å². The van der Waals surface area contributed by atoms with Crippen LogP contribution >= 0.6 is 27.3 Å². The van der Waals surface area contributed by atoms with Crippen LogP contribution in [-0.2, 0) is 4.74 Å². The van der Waals surface area contributed by atoms with Gasteiger partial charge in [-0.1, -0.05) is 0 Å². The lowest BCUT2D eigenvalue weighted by atomic mass is 10.2. The van der Waals surface area contributed by atoms with E-state index >= 15 is 0 Å². The van der Waals surface area contributed by atoms with Crippen LogP contribution < -0.4 is 0 Å². The standard InChI is InChI=1S/C15H12BrFO3S/c1-8-5-12(9(2)21-8)14(18)7-20-15(19)11-4-3-10(17)6-13(11)16/h3-6H,7H2,1-2H3. The van der Waals surface area contributed by atoms with Crippen LogP contribution in [0.2, 0.25) is 0 Å². The van der Waals surface area contributed by atoms with Crippen molar-refractivity contribution in [1.29, 1.82) is 0 Å². The van der Waals surface area contributed by atoms with E-state index in [4.69, 9.17) is 4.74 Å². The van der Waals surface area contributed by atoms with E-state index in [2.05, 4.69) is 15.9 Å². The fourth-order valence-corrected chi connectivity index (χ4v) is 3.30. The summed E-state index contributed by atoms with van der Waals surface area (Å²) in [5, 5.41) is 0. The first kappa shape index (κ1) is 15.9. The van der Waals surface area contributed by atoms with Gasteiger partial charge in [0.25, 0.3) is 0 Å². The summed E-state index contributed by atoms with van der Waals surface area (Å²) in [6, 6.07) is 5.43. The molecule has 0 atom stereocenters. The number of hydrogen-bond donors (Lipinski definition) is 0. The van der Waals surface area contributed by atoms with E-state index in [0.717, 1.165) is 15.8 Å². The molecule has 6 heteroatoms. The van der Waals surface area contributed by atoms with Gasteiger partial charge in [0.05, 0.1) is 5.56 Å². The van der Waals surface area contributed by atoms with Crippen LogP contribution in [0, 0.1) is 19.7 Å². The number of benzene rings is 1. The molecule has 2 aromatic rings. The van der Waals surface area contributed by atoms with Gasteiger partial charge in [0.1, 0.15) is 5.82 Å². The van der Waals surface area contributed by atoms with Crippen molar-refractivity contribution in [1.82, 2.24) is 0 Å². The van der Waals surface area contributed by atoms with Crippen LogP contribution in [0.4, 0.5) is 4.39 Å². The lowest BCUT2D eigenvalue weighted by molar-refractivity contribution is 0.0473. The zero-order valence-electron chi connectivity index (χ0n) is 11.4. The number of halogens is 2. The van der Waals surface area contributed by atoms with Crippen molar-refractivity contribution < 1.29 is 18.7 Å². The van der Waals surface area contributed by atoms with Crippen molar-refractivity contribution in [3.05, 3.63) is 55.4 Å². The average molecular weight is 371 g/mol. The third-order valence-electron chi connectivity index (χ3n) is 2.83. The maximum Gasteiger partial charge on any atom is 0.339 e. The number of thiophene rings is 1. The maximum absolute atomic E-state index is 13.0. The van der Waals surface area contributed by atoms with Crippen molar-refractivity contribution in [2.24, 2.45) is 0 Å². The Bertz CT molecular complexity index is 709. The zero-order chi connectivity index (χ0) is 15.6. The molecule has 0 fully saturated rings. The molecule has 0 saturated heterocycles. The highest BCUT2D eigenvalue weighted by Gasteiger charge is 2.17. The second kappa shape index (κ2) is 6.49. The van der Waals surface area contributed by atoms with E-state index in [-0.39, 0.29) is 18.0 Å². The summed E-state index contributed by atoms with van der Waals surface area (Å²) in [6.07, 6.45) is 0. The van der Waals surface area contributed by atoms with Crippen molar-refractivity contribution in [2.45, 2.75) is 13.8 Å². The molecule has 0 unspecified atom stereocenters. The lowest BCUT2D eigenvalue weighted by Gasteiger charge is -2.06. The molecular weight excluding hydrogens is 359 g/mol. The molecule has 3 nitrogen and oxygen atoms in total. The van der Waals surface area contributed by atoms with Crippen LogP contribution in [0.25, 0.3) is 0 Å². The Balaban J connectivity index is 2.04. The fraction of sp³-hybridized carbons (Fsp3) is 0.200. The minimum Gasteiger partial charge on any atom is -0.454 e. The first-order valence-corrected chi connectivity index (χ1v) is 7.72. The van der Waals surface area contributed by atoms with Gasteiger partial charge in [-0.3, -0.25) is 4.79 Å². The Morgan fingerprint density at radius 1 is 1.24 bits per heavy atom. The summed E-state index contributed by atoms with van der Waals surface area (Å²) in [6.45, 7) is 3.43. The molecule has 110 valence electrons. The first-order valence-electron chi connectivity index (χ1n) is 6.11. The molecule has 0 amide bonds. The molecule has 0 aliphatic heterocycles. The SMILES string of the molecule is Cc1cc(C(=O)COC(=O)c2ccc(F)cc2Br)c(C)s1. The Kier molecular flexibility index (Phi) is 4.90. The molecule has 1 heterocycles. The zero-order valence-corrected chi connectivity index (χ0v) is 13.8. The van der Waals surface area contributed by atoms with Gasteiger partial charge >= 0.3 is 5.97 Å². The summed E-state index contributed by atoms with van der Waals surface area (Å²) in [5.41, 5.74) is 0.755. The highest BCUT2D eigenvalue weighted by Crippen LogP contribution is 2.22. The first-order chi connectivity index (χ1) is 9.88. The van der Waals surface area contributed by atoms with Crippen molar-refractivity contribution in [3.8, 4) is 0 Å². The number of ketones is 1. The summed E-state index contributed by atoms with van der Waals surface area (Å²) in [5.74, 6) is -1.37. The number of ether oxygens (including phenoxy) is 1. The third kappa shape index (κ3) is 3.77. The van der Waals surface area contributed by atoms with Crippen LogP contribution in [-0.4, -0.2) is 18.4 Å². The van der Waals surface area contributed by atoms with Crippen LogP contribution in [0.5, 0.6) is 0 Å². The van der Waals surface area contributed by atoms with Crippen LogP contribution in [0.1, 0.15) is 30.5 Å².